The molecule has 1 aliphatic rings. The average molecular weight is 478 g/mol. The minimum atomic E-state index is 0.0475. The van der Waals surface area contributed by atoms with Gasteiger partial charge in [0.15, 0.2) is 5.82 Å². The summed E-state index contributed by atoms with van der Waals surface area (Å²) >= 11 is 1.50. The van der Waals surface area contributed by atoms with Gasteiger partial charge in [-0.2, -0.15) is 4.98 Å². The van der Waals surface area contributed by atoms with Crippen molar-refractivity contribution in [3.05, 3.63) is 54.4 Å². The molecule has 4 rings (SSSR count). The van der Waals surface area contributed by atoms with Crippen LogP contribution in [0.5, 0.6) is 5.88 Å². The maximum Gasteiger partial charge on any atom is 0.228 e. The first kappa shape index (κ1) is 24.0. The zero-order chi connectivity index (χ0) is 24.1. The second kappa shape index (κ2) is 10.8. The van der Waals surface area contributed by atoms with Gasteiger partial charge in [-0.3, -0.25) is 4.98 Å². The van der Waals surface area contributed by atoms with Crippen LogP contribution in [0.4, 0.5) is 11.5 Å². The predicted molar refractivity (Wildman–Crippen MR) is 138 cm³/mol. The van der Waals surface area contributed by atoms with E-state index in [2.05, 4.69) is 33.4 Å². The van der Waals surface area contributed by atoms with Crippen molar-refractivity contribution in [2.24, 2.45) is 0 Å². The van der Waals surface area contributed by atoms with E-state index in [9.17, 15) is 0 Å². The maximum atomic E-state index is 8.18. The molecule has 1 fully saturated rings. The van der Waals surface area contributed by atoms with Crippen molar-refractivity contribution in [2.45, 2.75) is 50.7 Å². The van der Waals surface area contributed by atoms with E-state index < -0.39 is 0 Å². The highest BCUT2D eigenvalue weighted by molar-refractivity contribution is 8.00. The molecule has 4 N–H and O–H groups in total. The van der Waals surface area contributed by atoms with Crippen molar-refractivity contribution in [2.75, 3.05) is 23.5 Å². The van der Waals surface area contributed by atoms with E-state index in [1.165, 1.54) is 11.9 Å². The summed E-state index contributed by atoms with van der Waals surface area (Å²) in [5.74, 6) is 1.15. The van der Waals surface area contributed by atoms with Crippen molar-refractivity contribution >= 4 is 29.2 Å². The number of hydrogen-bond acceptors (Lipinski definition) is 9. The van der Waals surface area contributed by atoms with Gasteiger partial charge in [0.25, 0.3) is 0 Å². The number of rotatable bonds is 8. The molecule has 0 unspecified atom stereocenters. The van der Waals surface area contributed by atoms with Crippen molar-refractivity contribution in [1.82, 2.24) is 19.9 Å². The van der Waals surface area contributed by atoms with Gasteiger partial charge in [-0.1, -0.05) is 0 Å². The lowest BCUT2D eigenvalue weighted by Gasteiger charge is -2.34. The van der Waals surface area contributed by atoms with Gasteiger partial charge in [0, 0.05) is 53.4 Å². The van der Waals surface area contributed by atoms with Crippen LogP contribution in [-0.4, -0.2) is 50.8 Å². The highest BCUT2D eigenvalue weighted by Gasteiger charge is 2.25. The van der Waals surface area contributed by atoms with Crippen molar-refractivity contribution < 1.29 is 4.74 Å². The summed E-state index contributed by atoms with van der Waals surface area (Å²) in [6.07, 6.45) is 5.45. The Labute approximate surface area is 205 Å². The van der Waals surface area contributed by atoms with Gasteiger partial charge in [-0.05, 0) is 82.0 Å². The Kier molecular flexibility index (Phi) is 7.64. The Morgan fingerprint density at radius 1 is 1.18 bits per heavy atom. The normalized spacial score (nSPS) is 14.8. The molecule has 0 atom stereocenters. The molecule has 178 valence electrons. The van der Waals surface area contributed by atoms with E-state index in [4.69, 9.17) is 20.9 Å². The molecule has 0 amide bonds. The second-order valence-electron chi connectivity index (χ2n) is 8.65. The van der Waals surface area contributed by atoms with Gasteiger partial charge < -0.3 is 25.5 Å². The highest BCUT2D eigenvalue weighted by Crippen LogP contribution is 2.30. The lowest BCUT2D eigenvalue weighted by molar-refractivity contribution is 0.0812. The average Bonchev–Trinajstić information content (AvgIpc) is 2.83. The number of nitrogens with one attached hydrogen (secondary N) is 2. The molecule has 0 bridgehead atoms. The number of pyridine rings is 1. The number of nitrogen functional groups attached to an aromatic ring is 1. The van der Waals surface area contributed by atoms with Gasteiger partial charge in [-0.15, -0.1) is 0 Å². The molecule has 3 aromatic rings. The number of hydrogen-bond donors (Lipinski definition) is 3. The van der Waals surface area contributed by atoms with Crippen LogP contribution in [0.25, 0.3) is 11.4 Å². The quantitative estimate of drug-likeness (QED) is 0.311. The molecule has 1 aliphatic heterocycles. The largest absolute Gasteiger partial charge is 0.474 e. The number of benzene rings is 1. The van der Waals surface area contributed by atoms with E-state index in [1.54, 1.807) is 13.1 Å². The molecule has 0 aliphatic carbocycles. The summed E-state index contributed by atoms with van der Waals surface area (Å²) in [5, 5.41) is 8.18. The monoisotopic (exact) mass is 477 g/mol. The van der Waals surface area contributed by atoms with Crippen LogP contribution in [0.1, 0.15) is 39.2 Å². The standard InChI is InChI=1S/C25H31N7OS/c1-16(2)32-13-10-20(11-14-32)33-25-22(17(3)26)23(27)29-24(30-25)18-6-8-19(9-7-18)31-34-21-5-4-12-28-15-21/h4-9,12,15-16,20,26,31H,10-11,13-14H2,1-3H3,(H2,27,29,30). The SMILES string of the molecule is CC(=N)c1c(N)nc(-c2ccc(NSc3cccnc3)cc2)nc1OC1CCN(C(C)C)CC1. The predicted octanol–water partition coefficient (Wildman–Crippen LogP) is 4.88. The molecule has 0 spiro atoms. The lowest BCUT2D eigenvalue weighted by atomic mass is 10.1. The first-order valence-electron chi connectivity index (χ1n) is 11.5. The van der Waals surface area contributed by atoms with E-state index in [1.807, 2.05) is 42.6 Å². The van der Waals surface area contributed by atoms with Gasteiger partial charge in [-0.25, -0.2) is 4.98 Å². The van der Waals surface area contributed by atoms with Crippen LogP contribution in [0.3, 0.4) is 0 Å². The molecule has 8 nitrogen and oxygen atoms in total. The van der Waals surface area contributed by atoms with Crippen LogP contribution in [0, 0.1) is 5.41 Å². The summed E-state index contributed by atoms with van der Waals surface area (Å²) in [6, 6.07) is 12.3. The fraction of sp³-hybridized carbons (Fsp3) is 0.360. The molecule has 1 saturated heterocycles. The van der Waals surface area contributed by atoms with E-state index in [-0.39, 0.29) is 11.9 Å². The third-order valence-electron chi connectivity index (χ3n) is 5.83. The van der Waals surface area contributed by atoms with Gasteiger partial charge in [0.05, 0.1) is 5.56 Å². The minimum absolute atomic E-state index is 0.0475. The minimum Gasteiger partial charge on any atom is -0.474 e. The summed E-state index contributed by atoms with van der Waals surface area (Å²) in [6.45, 7) is 8.09. The van der Waals surface area contributed by atoms with Gasteiger partial charge in [0.1, 0.15) is 11.9 Å². The number of aromatic nitrogens is 3. The molecule has 0 saturated carbocycles. The number of likely N-dealkylation sites (tertiary alicyclic amines) is 1. The Bertz CT molecular complexity index is 1110. The summed E-state index contributed by atoms with van der Waals surface area (Å²) in [4.78, 5) is 16.8. The van der Waals surface area contributed by atoms with Crippen LogP contribution >= 0.6 is 11.9 Å². The van der Waals surface area contributed by atoms with Crippen LogP contribution < -0.4 is 15.2 Å². The Morgan fingerprint density at radius 3 is 2.53 bits per heavy atom. The Hall–Kier alpha value is -3.17. The van der Waals surface area contributed by atoms with Gasteiger partial charge >= 0.3 is 0 Å². The van der Waals surface area contributed by atoms with Crippen LogP contribution in [0.15, 0.2) is 53.7 Å². The van der Waals surface area contributed by atoms with Gasteiger partial charge in [0.2, 0.25) is 5.88 Å². The fourth-order valence-electron chi connectivity index (χ4n) is 3.90. The number of nitrogens with zero attached hydrogens (tertiary/aromatic N) is 4. The molecule has 1 aromatic carbocycles. The summed E-state index contributed by atoms with van der Waals surface area (Å²) in [5.41, 5.74) is 8.82. The molecular weight excluding hydrogens is 446 g/mol. The molecule has 9 heteroatoms. The lowest BCUT2D eigenvalue weighted by Crippen LogP contribution is -2.42. The zero-order valence-corrected chi connectivity index (χ0v) is 20.6. The number of piperidine rings is 1. The number of nitrogens with two attached hydrogens (primary N) is 1. The summed E-state index contributed by atoms with van der Waals surface area (Å²) in [7, 11) is 0. The fourth-order valence-corrected chi connectivity index (χ4v) is 4.54. The second-order valence-corrected chi connectivity index (χ2v) is 9.53. The van der Waals surface area contributed by atoms with Crippen LogP contribution in [0.2, 0.25) is 0 Å². The molecule has 34 heavy (non-hydrogen) atoms. The van der Waals surface area contributed by atoms with E-state index in [0.717, 1.165) is 42.1 Å². The molecule has 0 radical (unpaired) electrons. The zero-order valence-electron chi connectivity index (χ0n) is 19.8. The third kappa shape index (κ3) is 5.84. The van der Waals surface area contributed by atoms with Crippen molar-refractivity contribution in [1.29, 1.82) is 5.41 Å². The number of anilines is 2. The first-order chi connectivity index (χ1) is 16.4. The Morgan fingerprint density at radius 2 is 1.91 bits per heavy atom. The molecular formula is C25H31N7OS. The van der Waals surface area contributed by atoms with Crippen molar-refractivity contribution in [3.63, 3.8) is 0 Å². The maximum absolute atomic E-state index is 8.18. The topological polar surface area (TPSA) is 113 Å². The summed E-state index contributed by atoms with van der Waals surface area (Å²) < 4.78 is 9.62. The first-order valence-corrected chi connectivity index (χ1v) is 12.3. The van der Waals surface area contributed by atoms with E-state index in [0.29, 0.717) is 29.0 Å². The Balaban J connectivity index is 1.51. The van der Waals surface area contributed by atoms with Crippen LogP contribution in [-0.2, 0) is 0 Å². The third-order valence-corrected chi connectivity index (χ3v) is 6.64. The smallest absolute Gasteiger partial charge is 0.228 e. The number of ether oxygens (including phenoxy) is 1. The molecule has 3 heterocycles. The van der Waals surface area contributed by atoms with Crippen molar-refractivity contribution in [3.8, 4) is 17.3 Å². The van der Waals surface area contributed by atoms with E-state index >= 15 is 0 Å². The highest BCUT2D eigenvalue weighted by atomic mass is 32.2. The molecule has 2 aromatic heterocycles.